The van der Waals surface area contributed by atoms with E-state index in [0.29, 0.717) is 11.3 Å². The molecule has 2 bridgehead atoms. The van der Waals surface area contributed by atoms with Gasteiger partial charge in [0.2, 0.25) is 11.8 Å². The molecule has 0 spiro atoms. The van der Waals surface area contributed by atoms with Crippen LogP contribution >= 0.6 is 0 Å². The number of para-hydroxylation sites is 1. The number of carbonyl (C=O) groups excluding carboxylic acids is 5. The molecule has 8 heteroatoms. The maximum atomic E-state index is 14.1. The summed E-state index contributed by atoms with van der Waals surface area (Å²) in [6.07, 6.45) is 0. The van der Waals surface area contributed by atoms with E-state index in [2.05, 4.69) is 5.32 Å². The average Bonchev–Trinajstić information content (AvgIpc) is 3.29. The van der Waals surface area contributed by atoms with Gasteiger partial charge in [-0.2, -0.15) is 0 Å². The Kier molecular flexibility index (Phi) is 6.27. The molecule has 0 unspecified atom stereocenters. The fraction of sp³-hybridized carbons (Fsp3) is 0.171. The fourth-order valence-corrected chi connectivity index (χ4v) is 6.98. The lowest BCUT2D eigenvalue weighted by molar-refractivity contribution is -0.122. The van der Waals surface area contributed by atoms with Crippen LogP contribution in [0.3, 0.4) is 0 Å². The first-order valence-electron chi connectivity index (χ1n) is 14.1. The van der Waals surface area contributed by atoms with E-state index in [1.54, 1.807) is 36.4 Å². The molecule has 8 nitrogen and oxygen atoms in total. The monoisotopic (exact) mass is 570 g/mol. The van der Waals surface area contributed by atoms with Crippen molar-refractivity contribution in [2.45, 2.75) is 18.8 Å². The SMILES string of the molecule is CC(=O)c1cccc(NC(=O)COC(=O)c2ccccc2N2C(=O)[C@@H]3C4c5ccccc5C(c5ccccc54)[C@H]3C2=O)c1. The van der Waals surface area contributed by atoms with Crippen LogP contribution in [0, 0.1) is 11.8 Å². The summed E-state index contributed by atoms with van der Waals surface area (Å²) < 4.78 is 5.32. The molecule has 1 N–H and O–H groups in total. The first-order chi connectivity index (χ1) is 20.8. The number of Topliss-reactive ketones (excluding diaryl/α,β-unsaturated/α-hetero) is 1. The van der Waals surface area contributed by atoms with Crippen molar-refractivity contribution in [3.05, 3.63) is 130 Å². The second-order valence-electron chi connectivity index (χ2n) is 11.1. The molecular formula is C35H26N2O6. The summed E-state index contributed by atoms with van der Waals surface area (Å²) in [7, 11) is 0. The zero-order valence-corrected chi connectivity index (χ0v) is 23.2. The van der Waals surface area contributed by atoms with Crippen molar-refractivity contribution in [2.75, 3.05) is 16.8 Å². The van der Waals surface area contributed by atoms with E-state index in [4.69, 9.17) is 4.74 Å². The summed E-state index contributed by atoms with van der Waals surface area (Å²) in [5, 5.41) is 2.61. The summed E-state index contributed by atoms with van der Waals surface area (Å²) in [6, 6.07) is 28.7. The summed E-state index contributed by atoms with van der Waals surface area (Å²) in [5.74, 6) is -4.01. The molecule has 0 saturated carbocycles. The number of hydrogen-bond donors (Lipinski definition) is 1. The van der Waals surface area contributed by atoms with Crippen LogP contribution in [0.5, 0.6) is 0 Å². The Morgan fingerprint density at radius 3 is 1.81 bits per heavy atom. The van der Waals surface area contributed by atoms with Crippen LogP contribution in [-0.2, 0) is 19.1 Å². The number of nitrogens with zero attached hydrogens (tertiary/aromatic N) is 1. The molecule has 2 atom stereocenters. The lowest BCUT2D eigenvalue weighted by Gasteiger charge is -2.45. The van der Waals surface area contributed by atoms with Crippen LogP contribution < -0.4 is 10.2 Å². The van der Waals surface area contributed by atoms with Gasteiger partial charge in [-0.1, -0.05) is 72.8 Å². The molecule has 1 fully saturated rings. The van der Waals surface area contributed by atoms with Gasteiger partial charge in [-0.15, -0.1) is 0 Å². The van der Waals surface area contributed by atoms with Crippen molar-refractivity contribution in [1.29, 1.82) is 0 Å². The average molecular weight is 571 g/mol. The third-order valence-corrected chi connectivity index (χ3v) is 8.70. The maximum Gasteiger partial charge on any atom is 0.340 e. The number of imide groups is 1. The normalized spacial score (nSPS) is 21.1. The number of benzene rings is 4. The van der Waals surface area contributed by atoms with E-state index >= 15 is 0 Å². The highest BCUT2D eigenvalue weighted by Crippen LogP contribution is 2.61. The number of hydrogen-bond acceptors (Lipinski definition) is 6. The van der Waals surface area contributed by atoms with Crippen molar-refractivity contribution in [3.63, 3.8) is 0 Å². The third-order valence-electron chi connectivity index (χ3n) is 8.70. The summed E-state index contributed by atoms with van der Waals surface area (Å²) in [6.45, 7) is 0.826. The minimum absolute atomic E-state index is 0.0107. The predicted molar refractivity (Wildman–Crippen MR) is 158 cm³/mol. The van der Waals surface area contributed by atoms with Crippen molar-refractivity contribution in [1.82, 2.24) is 0 Å². The van der Waals surface area contributed by atoms with Gasteiger partial charge in [-0.3, -0.25) is 19.2 Å². The smallest absolute Gasteiger partial charge is 0.340 e. The van der Waals surface area contributed by atoms with Crippen molar-refractivity contribution in [3.8, 4) is 0 Å². The molecule has 0 radical (unpaired) electrons. The predicted octanol–water partition coefficient (Wildman–Crippen LogP) is 5.08. The Hall–Kier alpha value is -5.37. The molecule has 3 aliphatic carbocycles. The molecule has 1 saturated heterocycles. The van der Waals surface area contributed by atoms with Gasteiger partial charge in [0.25, 0.3) is 5.91 Å². The number of nitrogens with one attached hydrogen (secondary N) is 1. The molecule has 3 amide bonds. The molecule has 1 aliphatic heterocycles. The van der Waals surface area contributed by atoms with Gasteiger partial charge in [-0.25, -0.2) is 9.69 Å². The van der Waals surface area contributed by atoms with E-state index in [1.165, 1.54) is 19.1 Å². The third kappa shape index (κ3) is 4.17. The van der Waals surface area contributed by atoms with E-state index in [9.17, 15) is 24.0 Å². The van der Waals surface area contributed by atoms with Gasteiger partial charge in [-0.05, 0) is 53.4 Å². The molecule has 0 aromatic heterocycles. The number of esters is 1. The second-order valence-corrected chi connectivity index (χ2v) is 11.1. The van der Waals surface area contributed by atoms with Crippen molar-refractivity contribution in [2.24, 2.45) is 11.8 Å². The number of ether oxygens (including phenoxy) is 1. The topological polar surface area (TPSA) is 110 Å². The highest BCUT2D eigenvalue weighted by Gasteiger charge is 2.62. The number of rotatable bonds is 6. The molecule has 4 aromatic carbocycles. The van der Waals surface area contributed by atoms with Crippen molar-refractivity contribution < 1.29 is 28.7 Å². The lowest BCUT2D eigenvalue weighted by atomic mass is 9.55. The minimum atomic E-state index is -0.840. The largest absolute Gasteiger partial charge is 0.452 e. The van der Waals surface area contributed by atoms with Crippen molar-refractivity contribution >= 4 is 40.8 Å². The molecule has 1 heterocycles. The van der Waals surface area contributed by atoms with Crippen LogP contribution in [0.25, 0.3) is 0 Å². The molecular weight excluding hydrogens is 544 g/mol. The standard InChI is InChI=1S/C35H26N2O6/c1-19(38)20-9-8-10-21(17-20)36-28(39)18-43-35(42)26-15-6-7-16-27(26)37-33(40)31-29-22-11-2-3-12-23(22)30(32(31)34(37)41)25-14-5-4-13-24(25)29/h2-17,29-32H,18H2,1H3,(H,36,39)/t29?,30?,31-,32-/m1/s1. The quantitative estimate of drug-likeness (QED) is 0.197. The number of ketones is 1. The number of anilines is 2. The van der Waals surface area contributed by atoms with Crippen LogP contribution in [0.4, 0.5) is 11.4 Å². The Balaban J connectivity index is 1.15. The minimum Gasteiger partial charge on any atom is -0.452 e. The number of carbonyl (C=O) groups is 5. The van der Waals surface area contributed by atoms with Gasteiger partial charge in [0.1, 0.15) is 0 Å². The van der Waals surface area contributed by atoms with E-state index in [1.807, 2.05) is 48.5 Å². The van der Waals surface area contributed by atoms with Gasteiger partial charge in [0, 0.05) is 23.1 Å². The Morgan fingerprint density at radius 2 is 1.26 bits per heavy atom. The zero-order valence-electron chi connectivity index (χ0n) is 23.2. The van der Waals surface area contributed by atoms with Gasteiger partial charge >= 0.3 is 5.97 Å². The molecule has 43 heavy (non-hydrogen) atoms. The molecule has 4 aliphatic rings. The Bertz CT molecular complexity index is 1750. The lowest BCUT2D eigenvalue weighted by Crippen LogP contribution is -2.41. The van der Waals surface area contributed by atoms with Crippen LogP contribution in [0.15, 0.2) is 97.1 Å². The summed E-state index contributed by atoms with van der Waals surface area (Å²) in [4.78, 5) is 66.9. The highest BCUT2D eigenvalue weighted by atomic mass is 16.5. The fourth-order valence-electron chi connectivity index (χ4n) is 6.98. The summed E-state index contributed by atoms with van der Waals surface area (Å²) in [5.41, 5.74) is 5.21. The molecule has 8 rings (SSSR count). The van der Waals surface area contributed by atoms with E-state index < -0.39 is 30.3 Å². The molecule has 4 aromatic rings. The summed E-state index contributed by atoms with van der Waals surface area (Å²) >= 11 is 0. The van der Waals surface area contributed by atoms with Crippen LogP contribution in [0.2, 0.25) is 0 Å². The second kappa shape index (κ2) is 10.2. The van der Waals surface area contributed by atoms with Gasteiger partial charge < -0.3 is 10.1 Å². The Labute approximate surface area is 247 Å². The van der Waals surface area contributed by atoms with E-state index in [-0.39, 0.29) is 40.7 Å². The van der Waals surface area contributed by atoms with Crippen LogP contribution in [0.1, 0.15) is 61.7 Å². The van der Waals surface area contributed by atoms with Crippen LogP contribution in [-0.4, -0.2) is 36.1 Å². The van der Waals surface area contributed by atoms with E-state index in [0.717, 1.165) is 27.2 Å². The molecule has 212 valence electrons. The van der Waals surface area contributed by atoms with Gasteiger partial charge in [0.15, 0.2) is 12.4 Å². The number of amides is 3. The first kappa shape index (κ1) is 26.5. The first-order valence-corrected chi connectivity index (χ1v) is 14.1. The zero-order chi connectivity index (χ0) is 29.8. The Morgan fingerprint density at radius 1 is 0.721 bits per heavy atom. The maximum absolute atomic E-state index is 14.1. The highest BCUT2D eigenvalue weighted by molar-refractivity contribution is 6.25. The van der Waals surface area contributed by atoms with Gasteiger partial charge in [0.05, 0.1) is 23.1 Å².